The number of pyridine rings is 1. The van der Waals surface area contributed by atoms with E-state index >= 15 is 0 Å². The normalized spacial score (nSPS) is 10.4. The van der Waals surface area contributed by atoms with Gasteiger partial charge in [-0.3, -0.25) is 9.36 Å². The number of nitroso groups, excluding NO2 is 1. The van der Waals surface area contributed by atoms with Crippen LogP contribution < -0.4 is 10.3 Å². The fraction of sp³-hybridized carbons (Fsp3) is 0.111. The maximum atomic E-state index is 12.7. The summed E-state index contributed by atoms with van der Waals surface area (Å²) in [6.45, 7) is 0.341. The van der Waals surface area contributed by atoms with Crippen LogP contribution in [0.3, 0.4) is 0 Å². The summed E-state index contributed by atoms with van der Waals surface area (Å²) in [5, 5.41) is 12.8. The Kier molecular flexibility index (Phi) is 4.78. The molecule has 3 rings (SSSR count). The first-order valence-corrected chi connectivity index (χ1v) is 7.94. The minimum atomic E-state index is -0.448. The van der Waals surface area contributed by atoms with Gasteiger partial charge in [0.15, 0.2) is 0 Å². The molecule has 2 aromatic carbocycles. The molecular formula is C18H12ClN3O3. The van der Waals surface area contributed by atoms with E-state index in [9.17, 15) is 15.0 Å². The van der Waals surface area contributed by atoms with Crippen LogP contribution in [0.4, 0.5) is 5.69 Å². The monoisotopic (exact) mass is 353 g/mol. The zero-order chi connectivity index (χ0) is 17.8. The maximum Gasteiger partial charge on any atom is 0.273 e. The van der Waals surface area contributed by atoms with Gasteiger partial charge in [0.05, 0.1) is 11.4 Å². The SMILES string of the molecule is N#Cc1cc2ccc(OCCCl)cc2n(-c2ccc(N=O)cc2)c1=O. The minimum absolute atomic E-state index is 0.0273. The summed E-state index contributed by atoms with van der Waals surface area (Å²) in [5.41, 5.74) is 0.941. The highest BCUT2D eigenvalue weighted by molar-refractivity contribution is 6.18. The fourth-order valence-electron chi connectivity index (χ4n) is 2.53. The van der Waals surface area contributed by atoms with E-state index < -0.39 is 5.56 Å². The Morgan fingerprint density at radius 3 is 2.56 bits per heavy atom. The van der Waals surface area contributed by atoms with Crippen molar-refractivity contribution in [3.8, 4) is 17.5 Å². The Labute approximate surface area is 147 Å². The zero-order valence-corrected chi connectivity index (χ0v) is 13.7. The van der Waals surface area contributed by atoms with Gasteiger partial charge < -0.3 is 4.74 Å². The first-order chi connectivity index (χ1) is 12.2. The number of nitrogens with zero attached hydrogens (tertiary/aromatic N) is 3. The summed E-state index contributed by atoms with van der Waals surface area (Å²) in [7, 11) is 0. The third-order valence-corrected chi connectivity index (χ3v) is 3.81. The van der Waals surface area contributed by atoms with Gasteiger partial charge in [0.25, 0.3) is 5.56 Å². The highest BCUT2D eigenvalue weighted by Crippen LogP contribution is 2.24. The Morgan fingerprint density at radius 2 is 1.92 bits per heavy atom. The third kappa shape index (κ3) is 3.23. The van der Waals surface area contributed by atoms with Crippen molar-refractivity contribution < 1.29 is 4.74 Å². The van der Waals surface area contributed by atoms with Gasteiger partial charge in [0, 0.05) is 17.1 Å². The number of aromatic nitrogens is 1. The first-order valence-electron chi connectivity index (χ1n) is 7.40. The lowest BCUT2D eigenvalue weighted by Gasteiger charge is -2.13. The molecule has 0 aliphatic rings. The van der Waals surface area contributed by atoms with Crippen molar-refractivity contribution in [2.24, 2.45) is 5.18 Å². The van der Waals surface area contributed by atoms with Crippen molar-refractivity contribution in [3.05, 3.63) is 69.4 Å². The fourth-order valence-corrected chi connectivity index (χ4v) is 2.61. The lowest BCUT2D eigenvalue weighted by atomic mass is 10.1. The van der Waals surface area contributed by atoms with Gasteiger partial charge >= 0.3 is 0 Å². The summed E-state index contributed by atoms with van der Waals surface area (Å²) in [5.74, 6) is 0.912. The molecular weight excluding hydrogens is 342 g/mol. The van der Waals surface area contributed by atoms with E-state index in [0.29, 0.717) is 34.8 Å². The molecule has 1 heterocycles. The number of halogens is 1. The van der Waals surface area contributed by atoms with Crippen LogP contribution in [0.15, 0.2) is 58.5 Å². The van der Waals surface area contributed by atoms with Crippen molar-refractivity contribution in [2.75, 3.05) is 12.5 Å². The Balaban J connectivity index is 2.28. The highest BCUT2D eigenvalue weighted by Gasteiger charge is 2.12. The summed E-state index contributed by atoms with van der Waals surface area (Å²) < 4.78 is 6.93. The Morgan fingerprint density at radius 1 is 1.16 bits per heavy atom. The largest absolute Gasteiger partial charge is 0.492 e. The Hall–Kier alpha value is -3.17. The predicted molar refractivity (Wildman–Crippen MR) is 95.9 cm³/mol. The van der Waals surface area contributed by atoms with Gasteiger partial charge in [0.1, 0.15) is 29.7 Å². The molecule has 0 saturated carbocycles. The standard InChI is InChI=1S/C18H12ClN3O3/c19-7-8-25-16-6-1-12-9-13(11-20)18(23)22(17(12)10-16)15-4-2-14(21-24)3-5-15/h1-6,9-10H,7-8H2. The van der Waals surface area contributed by atoms with E-state index in [4.69, 9.17) is 16.3 Å². The molecule has 1 aromatic heterocycles. The summed E-state index contributed by atoms with van der Waals surface area (Å²) in [6.07, 6.45) is 0. The number of hydrogen-bond acceptors (Lipinski definition) is 5. The predicted octanol–water partition coefficient (Wildman–Crippen LogP) is 3.88. The van der Waals surface area contributed by atoms with E-state index in [1.54, 1.807) is 36.4 Å². The second kappa shape index (κ2) is 7.16. The van der Waals surface area contributed by atoms with Gasteiger partial charge in [-0.1, -0.05) is 0 Å². The number of benzene rings is 2. The van der Waals surface area contributed by atoms with E-state index in [1.807, 2.05) is 6.07 Å². The lowest BCUT2D eigenvalue weighted by molar-refractivity contribution is 0.343. The Bertz CT molecular complexity index is 1040. The molecule has 3 aromatic rings. The first kappa shape index (κ1) is 16.7. The van der Waals surface area contributed by atoms with E-state index in [1.165, 1.54) is 16.7 Å². The summed E-state index contributed by atoms with van der Waals surface area (Å²) in [4.78, 5) is 23.3. The zero-order valence-electron chi connectivity index (χ0n) is 13.0. The van der Waals surface area contributed by atoms with Crippen molar-refractivity contribution in [3.63, 3.8) is 0 Å². The van der Waals surface area contributed by atoms with Crippen molar-refractivity contribution >= 4 is 28.2 Å². The minimum Gasteiger partial charge on any atom is -0.492 e. The molecule has 0 N–H and O–H groups in total. The number of rotatable bonds is 5. The highest BCUT2D eigenvalue weighted by atomic mass is 35.5. The van der Waals surface area contributed by atoms with Crippen LogP contribution in [0.25, 0.3) is 16.6 Å². The van der Waals surface area contributed by atoms with Crippen LogP contribution in [0.2, 0.25) is 0 Å². The molecule has 0 atom stereocenters. The quantitative estimate of drug-likeness (QED) is 0.514. The van der Waals surface area contributed by atoms with Crippen LogP contribution in [0.5, 0.6) is 5.75 Å². The van der Waals surface area contributed by atoms with Gasteiger partial charge in [-0.2, -0.15) is 5.26 Å². The lowest BCUT2D eigenvalue weighted by Crippen LogP contribution is -2.21. The molecule has 0 aliphatic heterocycles. The van der Waals surface area contributed by atoms with Gasteiger partial charge in [-0.05, 0) is 47.6 Å². The molecule has 25 heavy (non-hydrogen) atoms. The molecule has 0 bridgehead atoms. The second-order valence-corrected chi connectivity index (χ2v) is 5.55. The third-order valence-electron chi connectivity index (χ3n) is 3.66. The van der Waals surface area contributed by atoms with E-state index in [-0.39, 0.29) is 11.3 Å². The topological polar surface area (TPSA) is 84.4 Å². The summed E-state index contributed by atoms with van der Waals surface area (Å²) in [6, 6.07) is 14.9. The van der Waals surface area contributed by atoms with Crippen LogP contribution >= 0.6 is 11.6 Å². The average molecular weight is 354 g/mol. The number of hydrogen-bond donors (Lipinski definition) is 0. The van der Waals surface area contributed by atoms with Crippen molar-refractivity contribution in [1.82, 2.24) is 4.57 Å². The second-order valence-electron chi connectivity index (χ2n) is 5.18. The van der Waals surface area contributed by atoms with Gasteiger partial charge in [-0.25, -0.2) is 0 Å². The number of nitriles is 1. The smallest absolute Gasteiger partial charge is 0.273 e. The molecule has 7 heteroatoms. The van der Waals surface area contributed by atoms with Gasteiger partial charge in [0.2, 0.25) is 0 Å². The molecule has 0 unspecified atom stereocenters. The number of alkyl halides is 1. The molecule has 124 valence electrons. The molecule has 0 fully saturated rings. The van der Waals surface area contributed by atoms with Crippen LogP contribution in [0, 0.1) is 16.2 Å². The van der Waals surface area contributed by atoms with Crippen molar-refractivity contribution in [2.45, 2.75) is 0 Å². The van der Waals surface area contributed by atoms with Crippen molar-refractivity contribution in [1.29, 1.82) is 5.26 Å². The maximum absolute atomic E-state index is 12.7. The van der Waals surface area contributed by atoms with Gasteiger partial charge in [-0.15, -0.1) is 16.5 Å². The molecule has 6 nitrogen and oxygen atoms in total. The molecule has 0 radical (unpaired) electrons. The van der Waals surface area contributed by atoms with Crippen LogP contribution in [-0.4, -0.2) is 17.1 Å². The molecule has 0 saturated heterocycles. The van der Waals surface area contributed by atoms with Crippen LogP contribution in [-0.2, 0) is 0 Å². The van der Waals surface area contributed by atoms with E-state index in [2.05, 4.69) is 5.18 Å². The number of ether oxygens (including phenoxy) is 1. The number of fused-ring (bicyclic) bond motifs is 1. The molecule has 0 amide bonds. The summed E-state index contributed by atoms with van der Waals surface area (Å²) >= 11 is 5.64. The average Bonchev–Trinajstić information content (AvgIpc) is 2.66. The molecule has 0 aliphatic carbocycles. The van der Waals surface area contributed by atoms with Crippen LogP contribution in [0.1, 0.15) is 5.56 Å². The van der Waals surface area contributed by atoms with E-state index in [0.717, 1.165) is 0 Å². The molecule has 0 spiro atoms.